The van der Waals surface area contributed by atoms with Gasteiger partial charge in [0.15, 0.2) is 0 Å². The Labute approximate surface area is 132 Å². The van der Waals surface area contributed by atoms with Gasteiger partial charge in [0.1, 0.15) is 0 Å². The van der Waals surface area contributed by atoms with Crippen molar-refractivity contribution in [3.05, 3.63) is 70.8 Å². The number of nitriles is 2. The molecular weight excluding hydrogens is 287 g/mol. The molecule has 22 heavy (non-hydrogen) atoms. The highest BCUT2D eigenvalue weighted by Crippen LogP contribution is 2.68. The molecule has 1 heterocycles. The smallest absolute Gasteiger partial charge is 0.0991 e. The van der Waals surface area contributed by atoms with Crippen LogP contribution in [0.3, 0.4) is 0 Å². The fourth-order valence-electron chi connectivity index (χ4n) is 3.30. The van der Waals surface area contributed by atoms with E-state index in [2.05, 4.69) is 43.1 Å². The maximum absolute atomic E-state index is 8.91. The van der Waals surface area contributed by atoms with Crippen molar-refractivity contribution in [2.75, 3.05) is 6.66 Å². The lowest BCUT2D eigenvalue weighted by molar-refractivity contribution is 0.765. The van der Waals surface area contributed by atoms with Gasteiger partial charge in [-0.3, -0.25) is 0 Å². The molecule has 0 aliphatic carbocycles. The molecule has 0 saturated carbocycles. The van der Waals surface area contributed by atoms with Crippen LogP contribution in [0.1, 0.15) is 46.4 Å². The Kier molecular flexibility index (Phi) is 4.24. The monoisotopic (exact) mass is 304 g/mol. The van der Waals surface area contributed by atoms with Crippen LogP contribution in [0.4, 0.5) is 0 Å². The van der Waals surface area contributed by atoms with Gasteiger partial charge in [0.25, 0.3) is 0 Å². The lowest BCUT2D eigenvalue weighted by Gasteiger charge is -2.22. The van der Waals surface area contributed by atoms with Crippen molar-refractivity contribution in [1.82, 2.24) is 0 Å². The van der Waals surface area contributed by atoms with Crippen molar-refractivity contribution < 1.29 is 0 Å². The zero-order valence-electron chi connectivity index (χ0n) is 12.5. The molecule has 3 rings (SSSR count). The lowest BCUT2D eigenvalue weighted by Crippen LogP contribution is -1.93. The van der Waals surface area contributed by atoms with Crippen LogP contribution in [0.5, 0.6) is 0 Å². The molecule has 1 fully saturated rings. The van der Waals surface area contributed by atoms with E-state index in [4.69, 9.17) is 10.5 Å². The molecule has 2 unspecified atom stereocenters. The van der Waals surface area contributed by atoms with E-state index >= 15 is 0 Å². The Morgan fingerprint density at radius 3 is 1.45 bits per heavy atom. The fourth-order valence-corrected chi connectivity index (χ4v) is 6.14. The molecule has 1 aliphatic heterocycles. The molecule has 2 aromatic rings. The summed E-state index contributed by atoms with van der Waals surface area (Å²) in [5.74, 6) is 0. The van der Waals surface area contributed by atoms with Crippen LogP contribution in [-0.4, -0.2) is 6.66 Å². The molecule has 3 heteroatoms. The lowest BCUT2D eigenvalue weighted by atomic mass is 10.0. The third-order valence-corrected chi connectivity index (χ3v) is 7.63. The van der Waals surface area contributed by atoms with Crippen molar-refractivity contribution in [3.63, 3.8) is 0 Å². The average Bonchev–Trinajstić information content (AvgIpc) is 2.96. The molecule has 2 atom stereocenters. The predicted molar refractivity (Wildman–Crippen MR) is 89.9 cm³/mol. The maximum atomic E-state index is 8.91. The Hall–Kier alpha value is -2.15. The van der Waals surface area contributed by atoms with E-state index in [1.165, 1.54) is 24.0 Å². The summed E-state index contributed by atoms with van der Waals surface area (Å²) >= 11 is 0. The molecule has 0 aromatic heterocycles. The summed E-state index contributed by atoms with van der Waals surface area (Å²) in [5, 5.41) is 17.8. The van der Waals surface area contributed by atoms with Gasteiger partial charge in [-0.1, -0.05) is 32.2 Å². The second-order valence-corrected chi connectivity index (χ2v) is 8.32. The minimum absolute atomic E-state index is 0.138. The van der Waals surface area contributed by atoms with Gasteiger partial charge in [0, 0.05) is 11.3 Å². The average molecular weight is 304 g/mol. The van der Waals surface area contributed by atoms with E-state index in [0.29, 0.717) is 11.3 Å². The predicted octanol–water partition coefficient (Wildman–Crippen LogP) is 5.12. The van der Waals surface area contributed by atoms with Gasteiger partial charge in [-0.25, -0.2) is 0 Å². The van der Waals surface area contributed by atoms with Crippen molar-refractivity contribution in [1.29, 1.82) is 10.5 Å². The van der Waals surface area contributed by atoms with E-state index < -0.39 is 0 Å². The molecule has 2 nitrogen and oxygen atoms in total. The number of nitrogens with zero attached hydrogens (tertiary/aromatic N) is 2. The second-order valence-electron chi connectivity index (χ2n) is 5.74. The Balaban J connectivity index is 1.80. The summed E-state index contributed by atoms with van der Waals surface area (Å²) in [6.07, 6.45) is 2.41. The highest BCUT2D eigenvalue weighted by molar-refractivity contribution is 7.58. The van der Waals surface area contributed by atoms with E-state index in [-0.39, 0.29) is 7.92 Å². The summed E-state index contributed by atoms with van der Waals surface area (Å²) < 4.78 is 0. The maximum Gasteiger partial charge on any atom is 0.0991 e. The van der Waals surface area contributed by atoms with E-state index in [1.54, 1.807) is 0 Å². The molecular formula is C19H17N2P. The van der Waals surface area contributed by atoms with Gasteiger partial charge < -0.3 is 0 Å². The van der Waals surface area contributed by atoms with Gasteiger partial charge in [-0.2, -0.15) is 10.5 Å². The minimum Gasteiger partial charge on any atom is -0.192 e. The largest absolute Gasteiger partial charge is 0.192 e. The zero-order valence-corrected chi connectivity index (χ0v) is 13.4. The van der Waals surface area contributed by atoms with E-state index in [9.17, 15) is 0 Å². The standard InChI is InChI=1S/C19H17N2P/c1-22-18(16-6-2-14(12-20)3-7-16)10-11-19(22)17-8-4-15(13-21)5-9-17/h2-9,18-19H,10-11H2,1H3. The molecule has 0 N–H and O–H groups in total. The first-order valence-electron chi connectivity index (χ1n) is 7.45. The topological polar surface area (TPSA) is 47.6 Å². The van der Waals surface area contributed by atoms with Crippen LogP contribution >= 0.6 is 7.92 Å². The first-order chi connectivity index (χ1) is 10.7. The molecule has 0 radical (unpaired) electrons. The van der Waals surface area contributed by atoms with Crippen molar-refractivity contribution in [3.8, 4) is 12.1 Å². The Morgan fingerprint density at radius 1 is 0.773 bits per heavy atom. The highest BCUT2D eigenvalue weighted by atomic mass is 31.1. The van der Waals surface area contributed by atoms with Gasteiger partial charge in [0.2, 0.25) is 0 Å². The normalized spacial score (nSPS) is 23.7. The Morgan fingerprint density at radius 2 is 1.14 bits per heavy atom. The van der Waals surface area contributed by atoms with Gasteiger partial charge in [0.05, 0.1) is 23.3 Å². The van der Waals surface area contributed by atoms with Crippen LogP contribution in [0, 0.1) is 22.7 Å². The minimum atomic E-state index is -0.138. The molecule has 1 aliphatic rings. The van der Waals surface area contributed by atoms with Crippen LogP contribution in [-0.2, 0) is 0 Å². The fraction of sp³-hybridized carbons (Fsp3) is 0.263. The van der Waals surface area contributed by atoms with Crippen molar-refractivity contribution in [2.24, 2.45) is 0 Å². The van der Waals surface area contributed by atoms with E-state index in [1.807, 2.05) is 24.3 Å². The third kappa shape index (κ3) is 2.76. The number of hydrogen-bond acceptors (Lipinski definition) is 2. The first-order valence-corrected chi connectivity index (χ1v) is 9.37. The molecule has 0 spiro atoms. The van der Waals surface area contributed by atoms with Gasteiger partial charge in [-0.15, -0.1) is 0 Å². The van der Waals surface area contributed by atoms with Crippen LogP contribution in [0.2, 0.25) is 0 Å². The van der Waals surface area contributed by atoms with Crippen molar-refractivity contribution in [2.45, 2.75) is 24.2 Å². The summed E-state index contributed by atoms with van der Waals surface area (Å²) in [6.45, 7) is 2.38. The first kappa shape index (κ1) is 14.8. The quantitative estimate of drug-likeness (QED) is 0.723. The second kappa shape index (κ2) is 6.31. The van der Waals surface area contributed by atoms with E-state index in [0.717, 1.165) is 11.1 Å². The number of benzene rings is 2. The molecule has 108 valence electrons. The van der Waals surface area contributed by atoms with Gasteiger partial charge in [-0.05, 0) is 54.9 Å². The number of hydrogen-bond donors (Lipinski definition) is 0. The number of rotatable bonds is 2. The highest BCUT2D eigenvalue weighted by Gasteiger charge is 2.34. The molecule has 0 bridgehead atoms. The van der Waals surface area contributed by atoms with Crippen LogP contribution in [0.15, 0.2) is 48.5 Å². The molecule has 1 saturated heterocycles. The third-order valence-electron chi connectivity index (χ3n) is 4.55. The summed E-state index contributed by atoms with van der Waals surface area (Å²) in [6, 6.07) is 20.5. The molecule has 0 amide bonds. The van der Waals surface area contributed by atoms with Gasteiger partial charge >= 0.3 is 0 Å². The summed E-state index contributed by atoms with van der Waals surface area (Å²) in [4.78, 5) is 0. The zero-order chi connectivity index (χ0) is 15.5. The SMILES string of the molecule is CP1C(c2ccc(C#N)cc2)CCC1c1ccc(C#N)cc1. The summed E-state index contributed by atoms with van der Waals surface area (Å²) in [5.41, 5.74) is 5.41. The van der Waals surface area contributed by atoms with Crippen molar-refractivity contribution >= 4 is 7.92 Å². The van der Waals surface area contributed by atoms with Crippen LogP contribution < -0.4 is 0 Å². The van der Waals surface area contributed by atoms with Crippen LogP contribution in [0.25, 0.3) is 0 Å². The summed E-state index contributed by atoms with van der Waals surface area (Å²) in [7, 11) is -0.138. The molecule has 2 aromatic carbocycles. The Bertz CT molecular complexity index is 669.